The molecule has 0 fully saturated rings. The molecule has 6 heteroatoms. The Kier molecular flexibility index (Phi) is 3.99. The number of rotatable bonds is 4. The molecule has 0 bridgehead atoms. The zero-order chi connectivity index (χ0) is 14.0. The molecule has 1 N–H and O–H groups in total. The van der Waals surface area contributed by atoms with Crippen molar-refractivity contribution in [3.63, 3.8) is 0 Å². The van der Waals surface area contributed by atoms with Crippen LogP contribution in [0.4, 0.5) is 0 Å². The molecule has 1 aromatic carbocycles. The third-order valence-electron chi connectivity index (χ3n) is 3.03. The van der Waals surface area contributed by atoms with Crippen molar-refractivity contribution in [2.75, 3.05) is 0 Å². The molecule has 0 atom stereocenters. The summed E-state index contributed by atoms with van der Waals surface area (Å²) in [5, 5.41) is 0.401. The van der Waals surface area contributed by atoms with Gasteiger partial charge in [-0.3, -0.25) is 0 Å². The van der Waals surface area contributed by atoms with Gasteiger partial charge in [0.25, 0.3) is 0 Å². The van der Waals surface area contributed by atoms with E-state index in [0.29, 0.717) is 5.02 Å². The number of hydrogen-bond acceptors (Lipinski definition) is 2. The summed E-state index contributed by atoms with van der Waals surface area (Å²) in [5.41, 5.74) is 1.99. The number of nitrogens with one attached hydrogen (secondary N) is 1. The standard InChI is InChI=1S/C13H15ClN2O2S/c1-10-6-7-12(16(10)2)9-15-19(17,18)13-5-3-4-11(14)8-13/h3-8,15H,9H2,1-2H3. The van der Waals surface area contributed by atoms with E-state index in [9.17, 15) is 8.42 Å². The van der Waals surface area contributed by atoms with E-state index in [-0.39, 0.29) is 11.4 Å². The lowest BCUT2D eigenvalue weighted by Gasteiger charge is -2.08. The highest BCUT2D eigenvalue weighted by atomic mass is 35.5. The highest BCUT2D eigenvalue weighted by Crippen LogP contribution is 2.15. The molecule has 0 unspecified atom stereocenters. The van der Waals surface area contributed by atoms with E-state index >= 15 is 0 Å². The largest absolute Gasteiger partial charge is 0.351 e. The van der Waals surface area contributed by atoms with Gasteiger partial charge in [0.15, 0.2) is 0 Å². The Balaban J connectivity index is 2.17. The molecule has 102 valence electrons. The summed E-state index contributed by atoms with van der Waals surface area (Å²) >= 11 is 5.80. The van der Waals surface area contributed by atoms with Crippen LogP contribution in [0.5, 0.6) is 0 Å². The molecule has 0 saturated heterocycles. The first-order chi connectivity index (χ1) is 8.90. The summed E-state index contributed by atoms with van der Waals surface area (Å²) in [6, 6.07) is 10.0. The molecular weight excluding hydrogens is 284 g/mol. The minimum Gasteiger partial charge on any atom is -0.351 e. The van der Waals surface area contributed by atoms with Crippen LogP contribution in [-0.4, -0.2) is 13.0 Å². The minimum absolute atomic E-state index is 0.172. The third kappa shape index (κ3) is 3.18. The van der Waals surface area contributed by atoms with Crippen molar-refractivity contribution in [1.29, 1.82) is 0 Å². The lowest BCUT2D eigenvalue weighted by molar-refractivity contribution is 0.579. The molecule has 2 aromatic rings. The average molecular weight is 299 g/mol. The number of aryl methyl sites for hydroxylation is 1. The first-order valence-electron chi connectivity index (χ1n) is 5.76. The maximum Gasteiger partial charge on any atom is 0.240 e. The molecule has 2 rings (SSSR count). The van der Waals surface area contributed by atoms with E-state index in [1.807, 2.05) is 30.7 Å². The predicted octanol–water partition coefficient (Wildman–Crippen LogP) is 2.47. The van der Waals surface area contributed by atoms with E-state index in [1.165, 1.54) is 12.1 Å². The zero-order valence-electron chi connectivity index (χ0n) is 10.7. The number of nitrogens with zero attached hydrogens (tertiary/aromatic N) is 1. The van der Waals surface area contributed by atoms with Crippen molar-refractivity contribution in [3.05, 3.63) is 52.8 Å². The second-order valence-electron chi connectivity index (χ2n) is 4.31. The van der Waals surface area contributed by atoms with Gasteiger partial charge in [-0.2, -0.15) is 0 Å². The van der Waals surface area contributed by atoms with Crippen LogP contribution in [0.3, 0.4) is 0 Å². The maximum atomic E-state index is 12.1. The van der Waals surface area contributed by atoms with Crippen molar-refractivity contribution in [2.24, 2.45) is 7.05 Å². The Morgan fingerprint density at radius 3 is 2.58 bits per heavy atom. The van der Waals surface area contributed by atoms with Gasteiger partial charge in [-0.1, -0.05) is 17.7 Å². The number of aromatic nitrogens is 1. The molecule has 0 amide bonds. The van der Waals surface area contributed by atoms with Gasteiger partial charge in [-0.05, 0) is 37.3 Å². The van der Waals surface area contributed by atoms with Gasteiger partial charge in [0, 0.05) is 23.5 Å². The monoisotopic (exact) mass is 298 g/mol. The van der Waals surface area contributed by atoms with Crippen LogP contribution in [0, 0.1) is 6.92 Å². The smallest absolute Gasteiger partial charge is 0.240 e. The van der Waals surface area contributed by atoms with Gasteiger partial charge in [0.2, 0.25) is 10.0 Å². The Morgan fingerprint density at radius 1 is 1.26 bits per heavy atom. The molecule has 0 aliphatic carbocycles. The summed E-state index contributed by atoms with van der Waals surface area (Å²) in [6.07, 6.45) is 0. The van der Waals surface area contributed by atoms with Crippen LogP contribution in [0.1, 0.15) is 11.4 Å². The van der Waals surface area contributed by atoms with Crippen molar-refractivity contribution in [2.45, 2.75) is 18.4 Å². The van der Waals surface area contributed by atoms with Crippen molar-refractivity contribution in [3.8, 4) is 0 Å². The van der Waals surface area contributed by atoms with Crippen LogP contribution in [0.25, 0.3) is 0 Å². The van der Waals surface area contributed by atoms with E-state index in [0.717, 1.165) is 11.4 Å². The van der Waals surface area contributed by atoms with E-state index < -0.39 is 10.0 Å². The van der Waals surface area contributed by atoms with Gasteiger partial charge in [-0.15, -0.1) is 0 Å². The summed E-state index contributed by atoms with van der Waals surface area (Å²) < 4.78 is 28.7. The number of hydrogen-bond donors (Lipinski definition) is 1. The van der Waals surface area contributed by atoms with Crippen LogP contribution in [0.15, 0.2) is 41.3 Å². The molecule has 0 aliphatic heterocycles. The summed E-state index contributed by atoms with van der Waals surface area (Å²) in [5.74, 6) is 0. The molecule has 0 aliphatic rings. The second kappa shape index (κ2) is 5.36. The van der Waals surface area contributed by atoms with Crippen LogP contribution in [-0.2, 0) is 23.6 Å². The summed E-state index contributed by atoms with van der Waals surface area (Å²) in [7, 11) is -1.64. The van der Waals surface area contributed by atoms with E-state index in [4.69, 9.17) is 11.6 Å². The van der Waals surface area contributed by atoms with Crippen LogP contribution in [0.2, 0.25) is 5.02 Å². The van der Waals surface area contributed by atoms with E-state index in [2.05, 4.69) is 4.72 Å². The van der Waals surface area contributed by atoms with Crippen molar-refractivity contribution in [1.82, 2.24) is 9.29 Å². The number of benzene rings is 1. The molecule has 0 radical (unpaired) electrons. The molecule has 1 aromatic heterocycles. The lowest BCUT2D eigenvalue weighted by atomic mass is 10.4. The number of halogens is 1. The Hall–Kier alpha value is -1.30. The van der Waals surface area contributed by atoms with Gasteiger partial charge < -0.3 is 4.57 Å². The third-order valence-corrected chi connectivity index (χ3v) is 4.66. The fourth-order valence-corrected chi connectivity index (χ4v) is 3.03. The highest BCUT2D eigenvalue weighted by Gasteiger charge is 2.14. The molecular formula is C13H15ClN2O2S. The SMILES string of the molecule is Cc1ccc(CNS(=O)(=O)c2cccc(Cl)c2)n1C. The highest BCUT2D eigenvalue weighted by molar-refractivity contribution is 7.89. The van der Waals surface area contributed by atoms with Gasteiger partial charge in [0.1, 0.15) is 0 Å². The van der Waals surface area contributed by atoms with E-state index in [1.54, 1.807) is 12.1 Å². The second-order valence-corrected chi connectivity index (χ2v) is 6.51. The first kappa shape index (κ1) is 14.1. The van der Waals surface area contributed by atoms with Crippen LogP contribution < -0.4 is 4.72 Å². The average Bonchev–Trinajstić information content (AvgIpc) is 2.68. The predicted molar refractivity (Wildman–Crippen MR) is 75.6 cm³/mol. The Labute approximate surface area is 118 Å². The maximum absolute atomic E-state index is 12.1. The van der Waals surface area contributed by atoms with Gasteiger partial charge in [-0.25, -0.2) is 13.1 Å². The Morgan fingerprint density at radius 2 is 2.00 bits per heavy atom. The summed E-state index contributed by atoms with van der Waals surface area (Å²) in [4.78, 5) is 0.172. The first-order valence-corrected chi connectivity index (χ1v) is 7.63. The normalized spacial score (nSPS) is 11.7. The van der Waals surface area contributed by atoms with Crippen molar-refractivity contribution < 1.29 is 8.42 Å². The van der Waals surface area contributed by atoms with Gasteiger partial charge >= 0.3 is 0 Å². The van der Waals surface area contributed by atoms with Crippen molar-refractivity contribution >= 4 is 21.6 Å². The molecule has 19 heavy (non-hydrogen) atoms. The lowest BCUT2D eigenvalue weighted by Crippen LogP contribution is -2.24. The fourth-order valence-electron chi connectivity index (χ4n) is 1.73. The minimum atomic E-state index is -3.54. The quantitative estimate of drug-likeness (QED) is 0.943. The zero-order valence-corrected chi connectivity index (χ0v) is 12.3. The fraction of sp³-hybridized carbons (Fsp3) is 0.231. The van der Waals surface area contributed by atoms with Crippen LogP contribution >= 0.6 is 11.6 Å². The molecule has 0 spiro atoms. The molecule has 0 saturated carbocycles. The molecule has 4 nitrogen and oxygen atoms in total. The van der Waals surface area contributed by atoms with Gasteiger partial charge in [0.05, 0.1) is 11.4 Å². The number of sulfonamides is 1. The molecule has 1 heterocycles. The Bertz CT molecular complexity index is 692. The summed E-state index contributed by atoms with van der Waals surface area (Å²) in [6.45, 7) is 2.22. The topological polar surface area (TPSA) is 51.1 Å².